The van der Waals surface area contributed by atoms with Gasteiger partial charge in [0.05, 0.1) is 22.0 Å². The number of rotatable bonds is 7. The van der Waals surface area contributed by atoms with Gasteiger partial charge in [0, 0.05) is 52.4 Å². The van der Waals surface area contributed by atoms with Crippen molar-refractivity contribution in [2.75, 3.05) is 20.6 Å². The zero-order chi connectivity index (χ0) is 22.2. The molecular formula is C21H28N6O3S. The summed E-state index contributed by atoms with van der Waals surface area (Å²) in [6.07, 6.45) is 6.22. The van der Waals surface area contributed by atoms with Crippen molar-refractivity contribution >= 4 is 27.0 Å². The lowest BCUT2D eigenvalue weighted by molar-refractivity contribution is -0.132. The normalized spacial score (nSPS) is 17.2. The van der Waals surface area contributed by atoms with Gasteiger partial charge in [0.2, 0.25) is 15.9 Å². The second-order valence-electron chi connectivity index (χ2n) is 7.93. The molecule has 1 unspecified atom stereocenters. The average molecular weight is 445 g/mol. The first-order valence-electron chi connectivity index (χ1n) is 10.5. The van der Waals surface area contributed by atoms with E-state index in [1.807, 2.05) is 16.4 Å². The van der Waals surface area contributed by atoms with Crippen LogP contribution in [0.4, 0.5) is 0 Å². The molecule has 0 radical (unpaired) electrons. The number of imidazole rings is 2. The Kier molecular flexibility index (Phi) is 5.85. The van der Waals surface area contributed by atoms with Crippen LogP contribution in [0.2, 0.25) is 0 Å². The van der Waals surface area contributed by atoms with E-state index < -0.39 is 10.0 Å². The maximum atomic E-state index is 13.0. The highest BCUT2D eigenvalue weighted by molar-refractivity contribution is 7.89. The summed E-state index contributed by atoms with van der Waals surface area (Å²) in [5.41, 5.74) is 1.50. The summed E-state index contributed by atoms with van der Waals surface area (Å²) in [6.45, 7) is 3.45. The molecule has 1 aliphatic heterocycles. The van der Waals surface area contributed by atoms with E-state index >= 15 is 0 Å². The molecule has 4 rings (SSSR count). The molecule has 0 aliphatic carbocycles. The fourth-order valence-electron chi connectivity index (χ4n) is 4.25. The molecule has 0 saturated carbocycles. The van der Waals surface area contributed by atoms with E-state index in [2.05, 4.69) is 15.0 Å². The lowest BCUT2D eigenvalue weighted by Gasteiger charge is -2.23. The zero-order valence-corrected chi connectivity index (χ0v) is 18.9. The number of benzene rings is 1. The summed E-state index contributed by atoms with van der Waals surface area (Å²) in [6, 6.07) is 5.01. The van der Waals surface area contributed by atoms with Crippen molar-refractivity contribution in [3.63, 3.8) is 0 Å². The molecule has 1 saturated heterocycles. The van der Waals surface area contributed by atoms with Gasteiger partial charge in [-0.3, -0.25) is 4.79 Å². The Morgan fingerprint density at radius 3 is 2.81 bits per heavy atom. The minimum Gasteiger partial charge on any atom is -0.347 e. The molecule has 1 atom stereocenters. The van der Waals surface area contributed by atoms with Crippen LogP contribution in [0.25, 0.3) is 11.0 Å². The Morgan fingerprint density at radius 2 is 2.13 bits per heavy atom. The fourth-order valence-corrected chi connectivity index (χ4v) is 5.17. The van der Waals surface area contributed by atoms with E-state index in [1.165, 1.54) is 18.4 Å². The van der Waals surface area contributed by atoms with Gasteiger partial charge in [-0.05, 0) is 38.0 Å². The van der Waals surface area contributed by atoms with Crippen molar-refractivity contribution in [3.8, 4) is 0 Å². The molecule has 1 aliphatic rings. The van der Waals surface area contributed by atoms with Gasteiger partial charge in [0.1, 0.15) is 11.6 Å². The van der Waals surface area contributed by atoms with Gasteiger partial charge in [-0.2, -0.15) is 0 Å². The van der Waals surface area contributed by atoms with Crippen LogP contribution in [0.1, 0.15) is 43.9 Å². The average Bonchev–Trinajstić information content (AvgIpc) is 3.49. The van der Waals surface area contributed by atoms with Gasteiger partial charge >= 0.3 is 0 Å². The maximum absolute atomic E-state index is 13.0. The van der Waals surface area contributed by atoms with Gasteiger partial charge in [-0.1, -0.05) is 0 Å². The van der Waals surface area contributed by atoms with Crippen LogP contribution < -0.4 is 0 Å². The lowest BCUT2D eigenvalue weighted by Crippen LogP contribution is -2.31. The smallest absolute Gasteiger partial charge is 0.242 e. The van der Waals surface area contributed by atoms with Gasteiger partial charge < -0.3 is 14.5 Å². The molecule has 1 N–H and O–H groups in total. The van der Waals surface area contributed by atoms with Crippen molar-refractivity contribution < 1.29 is 13.2 Å². The number of hydrogen-bond donors (Lipinski definition) is 1. The van der Waals surface area contributed by atoms with Crippen LogP contribution in [0.3, 0.4) is 0 Å². The molecular weight excluding hydrogens is 416 g/mol. The van der Waals surface area contributed by atoms with Crippen molar-refractivity contribution in [2.24, 2.45) is 0 Å². The third-order valence-corrected chi connectivity index (χ3v) is 7.68. The highest BCUT2D eigenvalue weighted by Gasteiger charge is 2.31. The number of aromatic amines is 1. The number of carbonyl (C=O) groups is 1. The highest BCUT2D eigenvalue weighted by Crippen LogP contribution is 2.30. The fraction of sp³-hybridized carbons (Fsp3) is 0.476. The lowest BCUT2D eigenvalue weighted by atomic mass is 10.2. The van der Waals surface area contributed by atoms with E-state index in [0.29, 0.717) is 24.9 Å². The number of aromatic nitrogens is 4. The summed E-state index contributed by atoms with van der Waals surface area (Å²) < 4.78 is 28.2. The SMILES string of the molecule is CCn1c(CCC(=O)N2CCCC2c2ncc[nH]2)nc2cc(S(=O)(=O)N(C)C)ccc21. The summed E-state index contributed by atoms with van der Waals surface area (Å²) in [4.78, 5) is 27.2. The maximum Gasteiger partial charge on any atom is 0.242 e. The van der Waals surface area contributed by atoms with Crippen LogP contribution in [0, 0.1) is 0 Å². The standard InChI is InChI=1S/C21H28N6O3S/c1-4-26-17-8-7-15(31(29,30)25(2)3)14-16(17)24-19(26)9-10-20(28)27-13-5-6-18(27)21-22-11-12-23-21/h7-8,11-12,14,18H,4-6,9-10,13H2,1-3H3,(H,22,23). The Morgan fingerprint density at radius 1 is 1.32 bits per heavy atom. The third kappa shape index (κ3) is 3.97. The van der Waals surface area contributed by atoms with Crippen molar-refractivity contribution in [1.29, 1.82) is 0 Å². The molecule has 0 bridgehead atoms. The molecule has 10 heteroatoms. The molecule has 3 heterocycles. The predicted molar refractivity (Wildman–Crippen MR) is 117 cm³/mol. The number of aryl methyl sites for hydroxylation is 2. The van der Waals surface area contributed by atoms with Gasteiger partial charge in [0.15, 0.2) is 0 Å². The number of carbonyl (C=O) groups excluding carboxylic acids is 1. The molecule has 31 heavy (non-hydrogen) atoms. The first-order valence-corrected chi connectivity index (χ1v) is 12.0. The second-order valence-corrected chi connectivity index (χ2v) is 10.1. The Bertz CT molecular complexity index is 1180. The van der Waals surface area contributed by atoms with Crippen molar-refractivity contribution in [2.45, 2.75) is 50.1 Å². The number of fused-ring (bicyclic) bond motifs is 1. The Labute approximate surface area is 182 Å². The first kappa shape index (κ1) is 21.5. The number of nitrogens with one attached hydrogen (secondary N) is 1. The Hall–Kier alpha value is -2.72. The molecule has 9 nitrogen and oxygen atoms in total. The van der Waals surface area contributed by atoms with Crippen LogP contribution in [0.15, 0.2) is 35.5 Å². The van der Waals surface area contributed by atoms with Crippen LogP contribution in [-0.2, 0) is 27.8 Å². The van der Waals surface area contributed by atoms with Gasteiger partial charge in [-0.25, -0.2) is 22.7 Å². The molecule has 166 valence electrons. The summed E-state index contributed by atoms with van der Waals surface area (Å²) in [5, 5.41) is 0. The van der Waals surface area contributed by atoms with E-state index in [9.17, 15) is 13.2 Å². The molecule has 0 spiro atoms. The second kappa shape index (κ2) is 8.43. The molecule has 3 aromatic rings. The van der Waals surface area contributed by atoms with Crippen LogP contribution in [-0.4, -0.2) is 63.7 Å². The molecule has 1 fully saturated rings. The number of amides is 1. The Balaban J connectivity index is 1.55. The first-order chi connectivity index (χ1) is 14.8. The number of sulfonamides is 1. The zero-order valence-electron chi connectivity index (χ0n) is 18.1. The van der Waals surface area contributed by atoms with E-state index in [-0.39, 0.29) is 16.8 Å². The minimum atomic E-state index is -3.53. The monoisotopic (exact) mass is 444 g/mol. The van der Waals surface area contributed by atoms with E-state index in [4.69, 9.17) is 0 Å². The third-order valence-electron chi connectivity index (χ3n) is 5.86. The van der Waals surface area contributed by atoms with E-state index in [0.717, 1.165) is 36.6 Å². The van der Waals surface area contributed by atoms with E-state index in [1.54, 1.807) is 30.6 Å². The summed E-state index contributed by atoms with van der Waals surface area (Å²) in [7, 11) is -0.510. The number of likely N-dealkylation sites (tertiary alicyclic amines) is 1. The van der Waals surface area contributed by atoms with Gasteiger partial charge in [0.25, 0.3) is 0 Å². The van der Waals surface area contributed by atoms with Crippen molar-refractivity contribution in [1.82, 2.24) is 28.7 Å². The highest BCUT2D eigenvalue weighted by atomic mass is 32.2. The summed E-state index contributed by atoms with van der Waals surface area (Å²) in [5.74, 6) is 1.71. The quantitative estimate of drug-likeness (QED) is 0.602. The largest absolute Gasteiger partial charge is 0.347 e. The molecule has 1 amide bonds. The van der Waals surface area contributed by atoms with Crippen molar-refractivity contribution in [3.05, 3.63) is 42.2 Å². The number of hydrogen-bond acceptors (Lipinski definition) is 5. The number of nitrogens with zero attached hydrogens (tertiary/aromatic N) is 5. The van der Waals surface area contributed by atoms with Crippen LogP contribution in [0.5, 0.6) is 0 Å². The molecule has 1 aromatic carbocycles. The van der Waals surface area contributed by atoms with Crippen LogP contribution >= 0.6 is 0 Å². The molecule has 2 aromatic heterocycles. The van der Waals surface area contributed by atoms with Gasteiger partial charge in [-0.15, -0.1) is 0 Å². The number of H-pyrrole nitrogens is 1. The topological polar surface area (TPSA) is 104 Å². The predicted octanol–water partition coefficient (Wildman–Crippen LogP) is 2.33. The minimum absolute atomic E-state index is 0.00582. The summed E-state index contributed by atoms with van der Waals surface area (Å²) >= 11 is 0.